The summed E-state index contributed by atoms with van der Waals surface area (Å²) in [5, 5.41) is 19.3. The zero-order chi connectivity index (χ0) is 24.5. The van der Waals surface area contributed by atoms with Gasteiger partial charge in [0.2, 0.25) is 0 Å². The molecule has 1 fully saturated rings. The van der Waals surface area contributed by atoms with Crippen molar-refractivity contribution >= 4 is 23.0 Å². The average molecular weight is 480 g/mol. The van der Waals surface area contributed by atoms with Crippen LogP contribution in [0, 0.1) is 0 Å². The molecular formula is C23H29N9O3. The van der Waals surface area contributed by atoms with Gasteiger partial charge < -0.3 is 24.7 Å². The number of nitrogens with zero attached hydrogens (tertiary/aromatic N) is 7. The number of hydrogen-bond donors (Lipinski definition) is 2. The summed E-state index contributed by atoms with van der Waals surface area (Å²) >= 11 is 0. The van der Waals surface area contributed by atoms with Crippen LogP contribution in [-0.4, -0.2) is 67.6 Å². The Balaban J connectivity index is 1.53. The normalized spacial score (nSPS) is 18.3. The van der Waals surface area contributed by atoms with Crippen LogP contribution in [0.15, 0.2) is 41.6 Å². The van der Waals surface area contributed by atoms with E-state index < -0.39 is 0 Å². The molecule has 2 N–H and O–H groups in total. The minimum atomic E-state index is -0.185. The molecular weight excluding hydrogens is 450 g/mol. The predicted octanol–water partition coefficient (Wildman–Crippen LogP) is 2.49. The zero-order valence-electron chi connectivity index (χ0n) is 20.2. The molecule has 12 nitrogen and oxygen atoms in total. The van der Waals surface area contributed by atoms with Crippen LogP contribution in [0.2, 0.25) is 0 Å². The van der Waals surface area contributed by atoms with Crippen molar-refractivity contribution in [3.63, 3.8) is 0 Å². The van der Waals surface area contributed by atoms with Crippen molar-refractivity contribution in [1.82, 2.24) is 34.2 Å². The van der Waals surface area contributed by atoms with Crippen LogP contribution in [0.5, 0.6) is 0 Å². The SMILES string of the molecule is CNc1cc(Nc2cccn([C@H]3CCOC[C@H]3OC)c2=O)nc2c(-c3cn(C(C)C)nn3)cnn12. The highest BCUT2D eigenvalue weighted by Gasteiger charge is 2.28. The lowest BCUT2D eigenvalue weighted by molar-refractivity contribution is -0.0609. The van der Waals surface area contributed by atoms with Gasteiger partial charge in [0.25, 0.3) is 5.56 Å². The minimum Gasteiger partial charge on any atom is -0.379 e. The Bertz CT molecular complexity index is 1390. The smallest absolute Gasteiger partial charge is 0.274 e. The molecule has 12 heteroatoms. The Kier molecular flexibility index (Phi) is 6.22. The second kappa shape index (κ2) is 9.47. The molecule has 0 saturated carbocycles. The van der Waals surface area contributed by atoms with Crippen molar-refractivity contribution in [3.8, 4) is 11.3 Å². The van der Waals surface area contributed by atoms with Crippen LogP contribution < -0.4 is 16.2 Å². The van der Waals surface area contributed by atoms with Gasteiger partial charge in [-0.3, -0.25) is 4.79 Å². The fourth-order valence-corrected chi connectivity index (χ4v) is 4.29. The Labute approximate surface area is 201 Å². The van der Waals surface area contributed by atoms with Gasteiger partial charge in [-0.2, -0.15) is 9.61 Å². The monoisotopic (exact) mass is 479 g/mol. The van der Waals surface area contributed by atoms with Crippen molar-refractivity contribution in [2.75, 3.05) is 38.0 Å². The van der Waals surface area contributed by atoms with Gasteiger partial charge >= 0.3 is 0 Å². The van der Waals surface area contributed by atoms with Crippen molar-refractivity contribution < 1.29 is 9.47 Å². The third-order valence-corrected chi connectivity index (χ3v) is 6.21. The predicted molar refractivity (Wildman–Crippen MR) is 131 cm³/mol. The van der Waals surface area contributed by atoms with E-state index in [9.17, 15) is 4.79 Å². The summed E-state index contributed by atoms with van der Waals surface area (Å²) in [5.41, 5.74) is 2.28. The highest BCUT2D eigenvalue weighted by molar-refractivity contribution is 5.77. The third kappa shape index (κ3) is 4.26. The van der Waals surface area contributed by atoms with E-state index in [2.05, 4.69) is 26.0 Å². The first-order valence-electron chi connectivity index (χ1n) is 11.6. The largest absolute Gasteiger partial charge is 0.379 e. The molecule has 1 aliphatic heterocycles. The summed E-state index contributed by atoms with van der Waals surface area (Å²) in [7, 11) is 3.45. The van der Waals surface area contributed by atoms with E-state index >= 15 is 0 Å². The maximum atomic E-state index is 13.4. The standard InChI is InChI=1S/C23H29N9O3/c1-14(2)31-12-17(28-29-31)15-11-25-32-21(24-3)10-20(27-22(15)32)26-16-6-5-8-30(23(16)33)18-7-9-35-13-19(18)34-4/h5-6,8,10-12,14,18-19,24H,7,9,13H2,1-4H3,(H,26,27)/t18-,19+/m0/s1. The summed E-state index contributed by atoms with van der Waals surface area (Å²) in [6, 6.07) is 5.48. The summed E-state index contributed by atoms with van der Waals surface area (Å²) in [6.07, 6.45) is 5.89. The van der Waals surface area contributed by atoms with Gasteiger partial charge in [-0.05, 0) is 32.4 Å². The van der Waals surface area contributed by atoms with Crippen molar-refractivity contribution in [2.45, 2.75) is 38.5 Å². The number of fused-ring (bicyclic) bond motifs is 1. The first kappa shape index (κ1) is 23.0. The molecule has 184 valence electrons. The van der Waals surface area contributed by atoms with E-state index in [1.807, 2.05) is 26.1 Å². The van der Waals surface area contributed by atoms with Gasteiger partial charge in [-0.15, -0.1) is 5.10 Å². The van der Waals surface area contributed by atoms with Crippen LogP contribution >= 0.6 is 0 Å². The summed E-state index contributed by atoms with van der Waals surface area (Å²) in [5.74, 6) is 1.21. The van der Waals surface area contributed by atoms with Gasteiger partial charge in [0.05, 0.1) is 30.6 Å². The van der Waals surface area contributed by atoms with Gasteiger partial charge in [0.1, 0.15) is 29.1 Å². The molecule has 0 bridgehead atoms. The highest BCUT2D eigenvalue weighted by Crippen LogP contribution is 2.27. The molecule has 5 rings (SSSR count). The second-order valence-electron chi connectivity index (χ2n) is 8.71. The highest BCUT2D eigenvalue weighted by atomic mass is 16.5. The summed E-state index contributed by atoms with van der Waals surface area (Å²) in [4.78, 5) is 18.1. The van der Waals surface area contributed by atoms with Crippen molar-refractivity contribution in [2.24, 2.45) is 0 Å². The molecule has 35 heavy (non-hydrogen) atoms. The molecule has 0 unspecified atom stereocenters. The van der Waals surface area contributed by atoms with E-state index in [1.165, 1.54) is 0 Å². The van der Waals surface area contributed by atoms with Crippen LogP contribution in [-0.2, 0) is 9.47 Å². The maximum Gasteiger partial charge on any atom is 0.274 e. The van der Waals surface area contributed by atoms with Crippen LogP contribution in [0.4, 0.5) is 17.3 Å². The van der Waals surface area contributed by atoms with E-state index in [0.717, 1.165) is 5.56 Å². The number of anilines is 3. The fourth-order valence-electron chi connectivity index (χ4n) is 4.29. The lowest BCUT2D eigenvalue weighted by Crippen LogP contribution is -2.40. The van der Waals surface area contributed by atoms with Crippen LogP contribution in [0.3, 0.4) is 0 Å². The molecule has 1 saturated heterocycles. The number of ether oxygens (including phenoxy) is 2. The molecule has 2 atom stereocenters. The Morgan fingerprint density at radius 1 is 1.31 bits per heavy atom. The van der Waals surface area contributed by atoms with Gasteiger partial charge in [0.15, 0.2) is 5.65 Å². The van der Waals surface area contributed by atoms with Gasteiger partial charge in [-0.1, -0.05) is 5.21 Å². The molecule has 4 aromatic heterocycles. The Hall–Kier alpha value is -3.77. The maximum absolute atomic E-state index is 13.4. The quantitative estimate of drug-likeness (QED) is 0.411. The number of pyridine rings is 1. The number of methoxy groups -OCH3 is 1. The Morgan fingerprint density at radius 2 is 2.17 bits per heavy atom. The lowest BCUT2D eigenvalue weighted by Gasteiger charge is -2.32. The molecule has 5 heterocycles. The van der Waals surface area contributed by atoms with Gasteiger partial charge in [-0.25, -0.2) is 9.67 Å². The number of aromatic nitrogens is 7. The molecule has 0 amide bonds. The first-order chi connectivity index (χ1) is 17.0. The fraction of sp³-hybridized carbons (Fsp3) is 0.435. The van der Waals surface area contributed by atoms with Crippen molar-refractivity contribution in [1.29, 1.82) is 0 Å². The van der Waals surface area contributed by atoms with E-state index in [4.69, 9.17) is 14.5 Å². The lowest BCUT2D eigenvalue weighted by atomic mass is 10.1. The van der Waals surface area contributed by atoms with Gasteiger partial charge in [0, 0.05) is 39.1 Å². The molecule has 0 aliphatic carbocycles. The average Bonchev–Trinajstić information content (AvgIpc) is 3.52. The van der Waals surface area contributed by atoms with Crippen molar-refractivity contribution in [3.05, 3.63) is 47.1 Å². The Morgan fingerprint density at radius 3 is 2.91 bits per heavy atom. The number of rotatable bonds is 7. The zero-order valence-corrected chi connectivity index (χ0v) is 20.2. The molecule has 0 radical (unpaired) electrons. The minimum absolute atomic E-state index is 0.101. The summed E-state index contributed by atoms with van der Waals surface area (Å²) in [6.45, 7) is 5.12. The van der Waals surface area contributed by atoms with Crippen LogP contribution in [0.1, 0.15) is 32.4 Å². The summed E-state index contributed by atoms with van der Waals surface area (Å²) < 4.78 is 16.3. The van der Waals surface area contributed by atoms with E-state index in [0.29, 0.717) is 48.3 Å². The third-order valence-electron chi connectivity index (χ3n) is 6.21. The molecule has 0 spiro atoms. The molecule has 1 aliphatic rings. The number of nitrogens with one attached hydrogen (secondary N) is 2. The number of hydrogen-bond acceptors (Lipinski definition) is 9. The van der Waals surface area contributed by atoms with E-state index in [1.54, 1.807) is 52.4 Å². The topological polar surface area (TPSA) is 125 Å². The molecule has 0 aromatic carbocycles. The second-order valence-corrected chi connectivity index (χ2v) is 8.71. The first-order valence-corrected chi connectivity index (χ1v) is 11.6. The molecule has 4 aromatic rings. The van der Waals surface area contributed by atoms with E-state index in [-0.39, 0.29) is 23.7 Å². The van der Waals surface area contributed by atoms with Crippen LogP contribution in [0.25, 0.3) is 16.9 Å².